The summed E-state index contributed by atoms with van der Waals surface area (Å²) in [7, 11) is 3.22. The van der Waals surface area contributed by atoms with Crippen molar-refractivity contribution in [3.63, 3.8) is 0 Å². The molecule has 1 rings (SSSR count). The van der Waals surface area contributed by atoms with E-state index in [-0.39, 0.29) is 12.5 Å². The van der Waals surface area contributed by atoms with Gasteiger partial charge in [0.15, 0.2) is 6.54 Å². The number of carbonyl (C=O) groups is 3. The predicted molar refractivity (Wildman–Crippen MR) is 82.9 cm³/mol. The van der Waals surface area contributed by atoms with E-state index in [1.165, 1.54) is 7.05 Å². The summed E-state index contributed by atoms with van der Waals surface area (Å²) in [6.07, 6.45) is -4.54. The van der Waals surface area contributed by atoms with Gasteiger partial charge in [0.25, 0.3) is 11.8 Å². The molecule has 0 radical (unpaired) electrons. The van der Waals surface area contributed by atoms with E-state index in [4.69, 9.17) is 0 Å². The molecule has 1 atom stereocenters. The average Bonchev–Trinajstić information content (AvgIpc) is 2.52. The highest BCUT2D eigenvalue weighted by Crippen LogP contribution is 2.11. The van der Waals surface area contributed by atoms with Crippen LogP contribution >= 0.6 is 0 Å². The van der Waals surface area contributed by atoms with E-state index in [0.717, 1.165) is 5.56 Å². The molecule has 0 aliphatic heterocycles. The van der Waals surface area contributed by atoms with Crippen molar-refractivity contribution < 1.29 is 32.5 Å². The van der Waals surface area contributed by atoms with Gasteiger partial charge in [0.1, 0.15) is 13.1 Å². The lowest BCUT2D eigenvalue weighted by atomic mass is 10.1. The van der Waals surface area contributed by atoms with Gasteiger partial charge in [-0.1, -0.05) is 12.1 Å². The van der Waals surface area contributed by atoms with Crippen molar-refractivity contribution in [2.75, 3.05) is 27.2 Å². The van der Waals surface area contributed by atoms with E-state index >= 15 is 0 Å². The van der Waals surface area contributed by atoms with Crippen LogP contribution in [0, 0.1) is 0 Å². The zero-order chi connectivity index (χ0) is 19.0. The van der Waals surface area contributed by atoms with Crippen molar-refractivity contribution in [3.8, 4) is 0 Å². The highest BCUT2D eigenvalue weighted by atomic mass is 19.4. The van der Waals surface area contributed by atoms with Crippen LogP contribution in [0.1, 0.15) is 15.9 Å². The average molecular weight is 361 g/mol. The first-order valence-corrected chi connectivity index (χ1v) is 7.37. The smallest absolute Gasteiger partial charge is 0.355 e. The Morgan fingerprint density at radius 1 is 1.12 bits per heavy atom. The number of likely N-dealkylation sites (N-methyl/N-ethyl adjacent to an activating group) is 1. The minimum absolute atomic E-state index is 0.101. The lowest BCUT2D eigenvalue weighted by Crippen LogP contribution is -3.09. The second-order valence-electron chi connectivity index (χ2n) is 5.43. The molecule has 0 fully saturated rings. The third-order valence-electron chi connectivity index (χ3n) is 3.11. The summed E-state index contributed by atoms with van der Waals surface area (Å²) < 4.78 is 35.9. The fourth-order valence-electron chi connectivity index (χ4n) is 2.00. The molecule has 0 saturated carbocycles. The molecule has 4 N–H and O–H groups in total. The summed E-state index contributed by atoms with van der Waals surface area (Å²) in [6, 6.07) is 5.58. The zero-order valence-corrected chi connectivity index (χ0v) is 13.8. The van der Waals surface area contributed by atoms with Crippen LogP contribution in [-0.4, -0.2) is 51.2 Å². The molecule has 0 saturated heterocycles. The van der Waals surface area contributed by atoms with E-state index < -0.39 is 24.7 Å². The Balaban J connectivity index is 2.42. The van der Waals surface area contributed by atoms with E-state index in [9.17, 15) is 27.6 Å². The predicted octanol–water partition coefficient (Wildman–Crippen LogP) is -0.551. The molecule has 0 aliphatic carbocycles. The topological polar surface area (TPSA) is 91.7 Å². The Bertz CT molecular complexity index is 617. The van der Waals surface area contributed by atoms with Gasteiger partial charge >= 0.3 is 12.2 Å². The van der Waals surface area contributed by atoms with Gasteiger partial charge in [-0.3, -0.25) is 14.9 Å². The van der Waals surface area contributed by atoms with Gasteiger partial charge in [-0.2, -0.15) is 13.2 Å². The fraction of sp³-hybridized carbons (Fsp3) is 0.400. The fourth-order valence-corrected chi connectivity index (χ4v) is 2.00. The maximum Gasteiger partial charge on any atom is 0.405 e. The van der Waals surface area contributed by atoms with E-state index in [1.54, 1.807) is 36.6 Å². The Labute approximate surface area is 142 Å². The first-order valence-electron chi connectivity index (χ1n) is 7.37. The normalized spacial score (nSPS) is 12.2. The Morgan fingerprint density at radius 3 is 2.24 bits per heavy atom. The molecule has 7 nitrogen and oxygen atoms in total. The van der Waals surface area contributed by atoms with E-state index in [1.807, 2.05) is 5.32 Å². The number of hydrogen-bond acceptors (Lipinski definition) is 3. The molecule has 10 heteroatoms. The summed E-state index contributed by atoms with van der Waals surface area (Å²) in [4.78, 5) is 35.0. The quantitative estimate of drug-likeness (QED) is 0.548. The second kappa shape index (κ2) is 9.02. The molecule has 0 aromatic heterocycles. The van der Waals surface area contributed by atoms with Crippen molar-refractivity contribution in [3.05, 3.63) is 35.4 Å². The first-order chi connectivity index (χ1) is 11.6. The van der Waals surface area contributed by atoms with Gasteiger partial charge in [0, 0.05) is 18.2 Å². The summed E-state index contributed by atoms with van der Waals surface area (Å²) in [5.41, 5.74) is 1.36. The summed E-state index contributed by atoms with van der Waals surface area (Å²) in [5.74, 6) is -0.907. The summed E-state index contributed by atoms with van der Waals surface area (Å²) in [5, 5.41) is 5.89. The summed E-state index contributed by atoms with van der Waals surface area (Å²) >= 11 is 0. The number of nitrogens with one attached hydrogen (secondary N) is 4. The molecule has 1 aromatic carbocycles. The van der Waals surface area contributed by atoms with Gasteiger partial charge in [0.05, 0.1) is 7.05 Å². The number of benzene rings is 1. The van der Waals surface area contributed by atoms with E-state index in [2.05, 4.69) is 5.32 Å². The molecule has 1 unspecified atom stereocenters. The molecule has 1 aromatic rings. The molecular formula is C15H20F3N4O3+. The van der Waals surface area contributed by atoms with Gasteiger partial charge in [-0.15, -0.1) is 0 Å². The first kappa shape index (κ1) is 20.4. The van der Waals surface area contributed by atoms with Crippen molar-refractivity contribution in [1.82, 2.24) is 16.0 Å². The van der Waals surface area contributed by atoms with Crippen LogP contribution in [0.5, 0.6) is 0 Å². The van der Waals surface area contributed by atoms with Crippen molar-refractivity contribution in [1.29, 1.82) is 0 Å². The van der Waals surface area contributed by atoms with Crippen molar-refractivity contribution in [2.45, 2.75) is 12.7 Å². The Kier molecular flexibility index (Phi) is 7.37. The van der Waals surface area contributed by atoms with Crippen LogP contribution in [0.3, 0.4) is 0 Å². The van der Waals surface area contributed by atoms with Gasteiger partial charge in [0.2, 0.25) is 0 Å². The molecule has 0 spiro atoms. The standard InChI is InChI=1S/C15H19F3N4O3/c1-19-13(24)11-5-3-10(4-6-11)7-22(2)8-12(23)21-14(25)20-9-15(16,17)18/h3-6H,7-9H2,1-2H3,(H,19,24)(H2,20,21,23,25)/p+1. The number of rotatable bonds is 6. The second-order valence-corrected chi connectivity index (χ2v) is 5.43. The number of alkyl halides is 3. The third-order valence-corrected chi connectivity index (χ3v) is 3.11. The molecule has 138 valence electrons. The van der Waals surface area contributed by atoms with Gasteiger partial charge in [-0.25, -0.2) is 4.79 Å². The SMILES string of the molecule is CNC(=O)c1ccc(C[NH+](C)CC(=O)NC(=O)NCC(F)(F)F)cc1. The van der Waals surface area contributed by atoms with Gasteiger partial charge in [-0.05, 0) is 12.1 Å². The number of quaternary nitrogens is 1. The van der Waals surface area contributed by atoms with E-state index in [0.29, 0.717) is 17.0 Å². The molecule has 4 amide bonds. The monoisotopic (exact) mass is 361 g/mol. The van der Waals surface area contributed by atoms with Gasteiger partial charge < -0.3 is 15.5 Å². The minimum atomic E-state index is -4.54. The third kappa shape index (κ3) is 8.15. The number of imide groups is 1. The van der Waals surface area contributed by atoms with Crippen LogP contribution in [0.2, 0.25) is 0 Å². The number of urea groups is 1. The maximum absolute atomic E-state index is 12.0. The molecule has 25 heavy (non-hydrogen) atoms. The highest BCUT2D eigenvalue weighted by Gasteiger charge is 2.28. The number of hydrogen-bond donors (Lipinski definition) is 4. The number of carbonyl (C=O) groups excluding carboxylic acids is 3. The summed E-state index contributed by atoms with van der Waals surface area (Å²) in [6.45, 7) is -1.17. The molecule has 0 aliphatic rings. The molecule has 0 heterocycles. The molecular weight excluding hydrogens is 341 g/mol. The Morgan fingerprint density at radius 2 is 1.72 bits per heavy atom. The lowest BCUT2D eigenvalue weighted by molar-refractivity contribution is -0.885. The highest BCUT2D eigenvalue weighted by molar-refractivity contribution is 5.95. The maximum atomic E-state index is 12.0. The Hall–Kier alpha value is -2.62. The van der Waals surface area contributed by atoms with Crippen LogP contribution in [0.25, 0.3) is 0 Å². The van der Waals surface area contributed by atoms with Crippen LogP contribution in [0.4, 0.5) is 18.0 Å². The zero-order valence-electron chi connectivity index (χ0n) is 13.8. The minimum Gasteiger partial charge on any atom is -0.355 e. The number of halogens is 3. The van der Waals surface area contributed by atoms with Crippen LogP contribution in [-0.2, 0) is 11.3 Å². The van der Waals surface area contributed by atoms with Crippen LogP contribution < -0.4 is 20.9 Å². The van der Waals surface area contributed by atoms with Crippen LogP contribution in [0.15, 0.2) is 24.3 Å². The number of amides is 4. The largest absolute Gasteiger partial charge is 0.405 e. The van der Waals surface area contributed by atoms with Crippen molar-refractivity contribution in [2.24, 2.45) is 0 Å². The lowest BCUT2D eigenvalue weighted by Gasteiger charge is -2.14. The molecule has 0 bridgehead atoms. The van der Waals surface area contributed by atoms with Crippen molar-refractivity contribution >= 4 is 17.8 Å².